The van der Waals surface area contributed by atoms with Crippen LogP contribution in [0.25, 0.3) is 0 Å². The number of rotatable bonds is 6. The summed E-state index contributed by atoms with van der Waals surface area (Å²) in [4.78, 5) is 12.0. The molecule has 0 spiro atoms. The molecule has 1 N–H and O–H groups in total. The molecule has 1 aliphatic carbocycles. The van der Waals surface area contributed by atoms with Gasteiger partial charge in [0.2, 0.25) is 0 Å². The fraction of sp³-hybridized carbons (Fsp3) is 0.562. The number of carbonyl (C=O) groups is 1. The maximum Gasteiger partial charge on any atom is 0.264 e. The van der Waals surface area contributed by atoms with E-state index in [1.807, 2.05) is 0 Å². The maximum atomic E-state index is 12.4. The largest absolute Gasteiger partial charge is 0.490 e. The van der Waals surface area contributed by atoms with E-state index in [2.05, 4.69) is 4.72 Å². The van der Waals surface area contributed by atoms with Crippen LogP contribution in [0.15, 0.2) is 23.1 Å². The molecule has 1 atom stereocenters. The van der Waals surface area contributed by atoms with E-state index in [0.717, 1.165) is 19.3 Å². The van der Waals surface area contributed by atoms with E-state index in [0.29, 0.717) is 37.2 Å². The smallest absolute Gasteiger partial charge is 0.264 e. The van der Waals surface area contributed by atoms with E-state index in [-0.39, 0.29) is 4.90 Å². The zero-order valence-corrected chi connectivity index (χ0v) is 14.3. The number of sulfonamides is 1. The second-order valence-corrected chi connectivity index (χ2v) is 7.73. The van der Waals surface area contributed by atoms with Crippen LogP contribution in [0, 0.1) is 5.92 Å². The molecule has 7 nitrogen and oxygen atoms in total. The summed E-state index contributed by atoms with van der Waals surface area (Å²) in [5, 5.41) is 0. The predicted molar refractivity (Wildman–Crippen MR) is 85.5 cm³/mol. The molecular weight excluding hydrogens is 334 g/mol. The number of fused-ring (bicyclic) bond motifs is 1. The number of carbonyl (C=O) groups excluding carboxylic acids is 1. The van der Waals surface area contributed by atoms with E-state index >= 15 is 0 Å². The lowest BCUT2D eigenvalue weighted by Gasteiger charge is -2.14. The Kier molecular flexibility index (Phi) is 4.96. The van der Waals surface area contributed by atoms with Crippen LogP contribution in [-0.2, 0) is 19.6 Å². The molecule has 132 valence electrons. The molecule has 1 heterocycles. The maximum absolute atomic E-state index is 12.4. The molecule has 24 heavy (non-hydrogen) atoms. The minimum absolute atomic E-state index is 0.0468. The highest BCUT2D eigenvalue weighted by Crippen LogP contribution is 2.32. The van der Waals surface area contributed by atoms with Gasteiger partial charge in [0.25, 0.3) is 15.9 Å². The quantitative estimate of drug-likeness (QED) is 0.831. The Hall–Kier alpha value is -1.80. The van der Waals surface area contributed by atoms with Crippen molar-refractivity contribution in [3.8, 4) is 11.5 Å². The number of ether oxygens (including phenoxy) is 3. The highest BCUT2D eigenvalue weighted by Gasteiger charge is 2.27. The number of amides is 1. The van der Waals surface area contributed by atoms with Crippen molar-refractivity contribution in [1.82, 2.24) is 4.72 Å². The van der Waals surface area contributed by atoms with Crippen molar-refractivity contribution in [1.29, 1.82) is 0 Å². The Bertz CT molecular complexity index is 713. The van der Waals surface area contributed by atoms with Gasteiger partial charge >= 0.3 is 0 Å². The lowest BCUT2D eigenvalue weighted by molar-refractivity contribution is -0.130. The molecule has 8 heteroatoms. The third-order valence-electron chi connectivity index (χ3n) is 3.91. The second kappa shape index (κ2) is 6.98. The van der Waals surface area contributed by atoms with E-state index in [9.17, 15) is 13.2 Å². The Morgan fingerprint density at radius 2 is 2.00 bits per heavy atom. The van der Waals surface area contributed by atoms with Crippen molar-refractivity contribution in [2.24, 2.45) is 5.92 Å². The fourth-order valence-electron chi connectivity index (χ4n) is 2.23. The molecule has 1 aromatic rings. The normalized spacial score (nSPS) is 18.5. The lowest BCUT2D eigenvalue weighted by Crippen LogP contribution is -2.38. The van der Waals surface area contributed by atoms with Gasteiger partial charge in [0, 0.05) is 12.5 Å². The van der Waals surface area contributed by atoms with E-state index in [1.165, 1.54) is 18.2 Å². The number of nitrogens with one attached hydrogen (secondary N) is 1. The van der Waals surface area contributed by atoms with Gasteiger partial charge < -0.3 is 14.2 Å². The van der Waals surface area contributed by atoms with Gasteiger partial charge in [-0.15, -0.1) is 0 Å². The molecule has 0 saturated heterocycles. The van der Waals surface area contributed by atoms with Gasteiger partial charge in [0.1, 0.15) is 6.10 Å². The molecule has 1 saturated carbocycles. The van der Waals surface area contributed by atoms with Crippen LogP contribution in [0.2, 0.25) is 0 Å². The van der Waals surface area contributed by atoms with Crippen LogP contribution in [-0.4, -0.2) is 40.2 Å². The standard InChI is InChI=1S/C16H21NO6S/c1-11(23-10-12-3-4-12)16(18)17-24(19,20)13-5-6-14-15(9-13)22-8-2-7-21-14/h5-6,9,11-12H,2-4,7-8,10H2,1H3,(H,17,18). The Morgan fingerprint density at radius 3 is 2.71 bits per heavy atom. The third-order valence-corrected chi connectivity index (χ3v) is 5.26. The summed E-state index contributed by atoms with van der Waals surface area (Å²) in [7, 11) is -3.99. The van der Waals surface area contributed by atoms with Crippen LogP contribution in [0.5, 0.6) is 11.5 Å². The predicted octanol–water partition coefficient (Wildman–Crippen LogP) is 1.47. The molecule has 0 aromatic heterocycles. The molecule has 0 radical (unpaired) electrons. The number of hydrogen-bond acceptors (Lipinski definition) is 6. The number of hydrogen-bond donors (Lipinski definition) is 1. The summed E-state index contributed by atoms with van der Waals surface area (Å²) in [5.74, 6) is 0.682. The van der Waals surface area contributed by atoms with Crippen LogP contribution in [0.1, 0.15) is 26.2 Å². The van der Waals surface area contributed by atoms with Crippen molar-refractivity contribution in [2.75, 3.05) is 19.8 Å². The average Bonchev–Trinajstić information content (AvgIpc) is 3.38. The molecule has 1 aliphatic heterocycles. The summed E-state index contributed by atoms with van der Waals surface area (Å²) in [6.07, 6.45) is 2.11. The van der Waals surface area contributed by atoms with Gasteiger partial charge in [0.05, 0.1) is 24.7 Å². The summed E-state index contributed by atoms with van der Waals surface area (Å²) < 4.78 is 43.2. The van der Waals surface area contributed by atoms with Crippen LogP contribution >= 0.6 is 0 Å². The van der Waals surface area contributed by atoms with Crippen molar-refractivity contribution < 1.29 is 27.4 Å². The first kappa shape index (κ1) is 17.0. The van der Waals surface area contributed by atoms with Gasteiger partial charge in [-0.2, -0.15) is 0 Å². The van der Waals surface area contributed by atoms with E-state index in [4.69, 9.17) is 14.2 Å². The highest BCUT2D eigenvalue weighted by atomic mass is 32.2. The average molecular weight is 355 g/mol. The minimum Gasteiger partial charge on any atom is -0.490 e. The molecule has 3 rings (SSSR count). The zero-order valence-electron chi connectivity index (χ0n) is 13.5. The summed E-state index contributed by atoms with van der Waals surface area (Å²) in [6, 6.07) is 4.29. The first-order valence-corrected chi connectivity index (χ1v) is 9.52. The summed E-state index contributed by atoms with van der Waals surface area (Å²) in [6.45, 7) is 3.00. The zero-order chi connectivity index (χ0) is 17.2. The fourth-order valence-corrected chi connectivity index (χ4v) is 3.28. The van der Waals surface area contributed by atoms with Gasteiger partial charge in [-0.3, -0.25) is 4.79 Å². The topological polar surface area (TPSA) is 90.9 Å². The molecule has 1 unspecified atom stereocenters. The van der Waals surface area contributed by atoms with Crippen LogP contribution < -0.4 is 14.2 Å². The van der Waals surface area contributed by atoms with Crippen molar-refractivity contribution >= 4 is 15.9 Å². The second-order valence-electron chi connectivity index (χ2n) is 6.05. The molecule has 1 fully saturated rings. The summed E-state index contributed by atoms with van der Waals surface area (Å²) >= 11 is 0. The lowest BCUT2D eigenvalue weighted by atomic mass is 10.3. The molecule has 0 bridgehead atoms. The molecule has 1 amide bonds. The van der Waals surface area contributed by atoms with Crippen LogP contribution in [0.3, 0.4) is 0 Å². The van der Waals surface area contributed by atoms with E-state index < -0.39 is 22.0 Å². The summed E-state index contributed by atoms with van der Waals surface area (Å²) in [5.41, 5.74) is 0. The minimum atomic E-state index is -3.99. The Balaban J connectivity index is 1.67. The first-order valence-electron chi connectivity index (χ1n) is 8.03. The van der Waals surface area contributed by atoms with Crippen molar-refractivity contribution in [3.63, 3.8) is 0 Å². The van der Waals surface area contributed by atoms with E-state index in [1.54, 1.807) is 6.92 Å². The van der Waals surface area contributed by atoms with Crippen LogP contribution in [0.4, 0.5) is 0 Å². The third kappa shape index (κ3) is 4.18. The van der Waals surface area contributed by atoms with Crippen molar-refractivity contribution in [2.45, 2.75) is 37.2 Å². The van der Waals surface area contributed by atoms with Gasteiger partial charge in [-0.25, -0.2) is 13.1 Å². The van der Waals surface area contributed by atoms with Crippen molar-refractivity contribution in [3.05, 3.63) is 18.2 Å². The Morgan fingerprint density at radius 1 is 1.29 bits per heavy atom. The van der Waals surface area contributed by atoms with Gasteiger partial charge in [-0.1, -0.05) is 0 Å². The van der Waals surface area contributed by atoms with Gasteiger partial charge in [-0.05, 0) is 37.8 Å². The molecule has 1 aromatic carbocycles. The monoisotopic (exact) mass is 355 g/mol. The molecular formula is C16H21NO6S. The Labute approximate surface area is 141 Å². The highest BCUT2D eigenvalue weighted by molar-refractivity contribution is 7.90. The first-order chi connectivity index (χ1) is 11.5. The molecule has 2 aliphatic rings. The van der Waals surface area contributed by atoms with Gasteiger partial charge in [0.15, 0.2) is 11.5 Å². The number of benzene rings is 1. The SMILES string of the molecule is CC(OCC1CC1)C(=O)NS(=O)(=O)c1ccc2c(c1)OCCCO2.